The van der Waals surface area contributed by atoms with Crippen molar-refractivity contribution in [2.24, 2.45) is 7.05 Å². The molecule has 0 aliphatic heterocycles. The molecule has 0 saturated heterocycles. The van der Waals surface area contributed by atoms with Crippen LogP contribution in [0.3, 0.4) is 0 Å². The van der Waals surface area contributed by atoms with Gasteiger partial charge in [-0.05, 0) is 12.1 Å². The maximum atomic E-state index is 10.8. The number of nitrogens with zero attached hydrogens (tertiary/aromatic N) is 3. The number of carboxylic acids is 1. The van der Waals surface area contributed by atoms with Crippen molar-refractivity contribution in [2.45, 2.75) is 0 Å². The molecular weight excluding hydrogens is 208 g/mol. The van der Waals surface area contributed by atoms with Crippen LogP contribution >= 0.6 is 0 Å². The van der Waals surface area contributed by atoms with Crippen molar-refractivity contribution in [3.8, 4) is 11.4 Å². The molecule has 0 unspecified atom stereocenters. The van der Waals surface area contributed by atoms with Gasteiger partial charge in [-0.2, -0.15) is 4.98 Å². The standard InChI is InChI=1S/C10H10N4O2/c1-14-10(11)12-8(13-14)6-3-2-4-7(5-6)9(15)16/h2-5H,1H3,(H,15,16)(H2,11,12,13). The van der Waals surface area contributed by atoms with E-state index in [1.54, 1.807) is 19.2 Å². The van der Waals surface area contributed by atoms with E-state index in [0.29, 0.717) is 11.4 Å². The number of nitrogens with two attached hydrogens (primary N) is 1. The van der Waals surface area contributed by atoms with Crippen LogP contribution in [-0.4, -0.2) is 25.8 Å². The Bertz CT molecular complexity index is 528. The molecular formula is C10H10N4O2. The number of rotatable bonds is 2. The summed E-state index contributed by atoms with van der Waals surface area (Å²) in [6.45, 7) is 0. The van der Waals surface area contributed by atoms with Gasteiger partial charge in [-0.3, -0.25) is 0 Å². The average molecular weight is 218 g/mol. The molecule has 16 heavy (non-hydrogen) atoms. The molecule has 6 heteroatoms. The summed E-state index contributed by atoms with van der Waals surface area (Å²) in [7, 11) is 1.67. The zero-order valence-corrected chi connectivity index (χ0v) is 8.58. The fourth-order valence-corrected chi connectivity index (χ4v) is 1.31. The topological polar surface area (TPSA) is 94.0 Å². The molecule has 2 aromatic rings. The Morgan fingerprint density at radius 2 is 2.25 bits per heavy atom. The fraction of sp³-hybridized carbons (Fsp3) is 0.100. The van der Waals surface area contributed by atoms with Crippen LogP contribution in [0, 0.1) is 0 Å². The lowest BCUT2D eigenvalue weighted by atomic mass is 10.1. The Morgan fingerprint density at radius 3 is 2.81 bits per heavy atom. The minimum absolute atomic E-state index is 0.198. The quantitative estimate of drug-likeness (QED) is 0.776. The summed E-state index contributed by atoms with van der Waals surface area (Å²) in [6.07, 6.45) is 0. The number of hydrogen-bond donors (Lipinski definition) is 2. The molecule has 2 rings (SSSR count). The minimum Gasteiger partial charge on any atom is -0.478 e. The summed E-state index contributed by atoms with van der Waals surface area (Å²) in [5, 5.41) is 12.9. The van der Waals surface area contributed by atoms with Crippen LogP contribution in [0.1, 0.15) is 10.4 Å². The Kier molecular flexibility index (Phi) is 2.32. The largest absolute Gasteiger partial charge is 0.478 e. The number of nitrogen functional groups attached to an aromatic ring is 1. The average Bonchev–Trinajstić information content (AvgIpc) is 2.59. The van der Waals surface area contributed by atoms with E-state index in [1.165, 1.54) is 16.8 Å². The Hall–Kier alpha value is -2.37. The molecule has 0 atom stereocenters. The van der Waals surface area contributed by atoms with E-state index in [1.807, 2.05) is 0 Å². The smallest absolute Gasteiger partial charge is 0.335 e. The number of aromatic nitrogens is 3. The Labute approximate surface area is 91.3 Å². The van der Waals surface area contributed by atoms with E-state index in [4.69, 9.17) is 10.8 Å². The van der Waals surface area contributed by atoms with Gasteiger partial charge < -0.3 is 10.8 Å². The van der Waals surface area contributed by atoms with Crippen molar-refractivity contribution >= 4 is 11.9 Å². The van der Waals surface area contributed by atoms with Crippen LogP contribution in [-0.2, 0) is 7.05 Å². The third kappa shape index (κ3) is 1.72. The third-order valence-electron chi connectivity index (χ3n) is 2.16. The SMILES string of the molecule is Cn1nc(-c2cccc(C(=O)O)c2)nc1N. The molecule has 1 aromatic carbocycles. The second kappa shape index (κ2) is 3.65. The van der Waals surface area contributed by atoms with Crippen molar-refractivity contribution in [3.63, 3.8) is 0 Å². The maximum absolute atomic E-state index is 10.8. The molecule has 1 aromatic heterocycles. The van der Waals surface area contributed by atoms with Crippen LogP contribution in [0.4, 0.5) is 5.95 Å². The highest BCUT2D eigenvalue weighted by Gasteiger charge is 2.09. The first-order valence-corrected chi connectivity index (χ1v) is 4.58. The van der Waals surface area contributed by atoms with Gasteiger partial charge in [-0.1, -0.05) is 12.1 Å². The van der Waals surface area contributed by atoms with Crippen LogP contribution in [0.15, 0.2) is 24.3 Å². The summed E-state index contributed by atoms with van der Waals surface area (Å²) >= 11 is 0. The first kappa shape index (κ1) is 10.2. The molecule has 0 amide bonds. The van der Waals surface area contributed by atoms with Crippen molar-refractivity contribution < 1.29 is 9.90 Å². The zero-order chi connectivity index (χ0) is 11.7. The summed E-state index contributed by atoms with van der Waals surface area (Å²) in [4.78, 5) is 14.8. The molecule has 3 N–H and O–H groups in total. The molecule has 82 valence electrons. The van der Waals surface area contributed by atoms with Crippen LogP contribution < -0.4 is 5.73 Å². The normalized spacial score (nSPS) is 10.3. The zero-order valence-electron chi connectivity index (χ0n) is 8.58. The van der Waals surface area contributed by atoms with Gasteiger partial charge in [0.25, 0.3) is 0 Å². The number of carboxylic acid groups (broad SMARTS) is 1. The summed E-state index contributed by atoms with van der Waals surface area (Å²) in [6, 6.07) is 6.40. The van der Waals surface area contributed by atoms with Gasteiger partial charge in [0.15, 0.2) is 5.82 Å². The predicted octanol–water partition coefficient (Wildman–Crippen LogP) is 0.762. The third-order valence-corrected chi connectivity index (χ3v) is 2.16. The highest BCUT2D eigenvalue weighted by atomic mass is 16.4. The molecule has 0 bridgehead atoms. The van der Waals surface area contributed by atoms with Crippen molar-refractivity contribution in [1.82, 2.24) is 14.8 Å². The van der Waals surface area contributed by atoms with E-state index in [2.05, 4.69) is 10.1 Å². The van der Waals surface area contributed by atoms with E-state index < -0.39 is 5.97 Å². The first-order chi connectivity index (χ1) is 7.58. The van der Waals surface area contributed by atoms with Gasteiger partial charge in [0, 0.05) is 12.6 Å². The molecule has 6 nitrogen and oxygen atoms in total. The van der Waals surface area contributed by atoms with E-state index in [0.717, 1.165) is 0 Å². The van der Waals surface area contributed by atoms with Gasteiger partial charge >= 0.3 is 5.97 Å². The number of benzene rings is 1. The lowest BCUT2D eigenvalue weighted by molar-refractivity contribution is 0.0697. The first-order valence-electron chi connectivity index (χ1n) is 4.58. The maximum Gasteiger partial charge on any atom is 0.335 e. The van der Waals surface area contributed by atoms with Gasteiger partial charge in [-0.15, -0.1) is 5.10 Å². The minimum atomic E-state index is -0.981. The second-order valence-corrected chi connectivity index (χ2v) is 3.30. The van der Waals surface area contributed by atoms with Crippen LogP contribution in [0.25, 0.3) is 11.4 Å². The highest BCUT2D eigenvalue weighted by molar-refractivity contribution is 5.89. The van der Waals surface area contributed by atoms with Crippen molar-refractivity contribution in [1.29, 1.82) is 0 Å². The number of anilines is 1. The molecule has 0 spiro atoms. The lowest BCUT2D eigenvalue weighted by Gasteiger charge is -1.97. The van der Waals surface area contributed by atoms with Gasteiger partial charge in [0.05, 0.1) is 5.56 Å². The number of aryl methyl sites for hydroxylation is 1. The van der Waals surface area contributed by atoms with Gasteiger partial charge in [0.1, 0.15) is 0 Å². The molecule has 0 fully saturated rings. The van der Waals surface area contributed by atoms with E-state index >= 15 is 0 Å². The molecule has 0 aliphatic rings. The molecule has 1 heterocycles. The Balaban J connectivity index is 2.48. The summed E-state index contributed by atoms with van der Waals surface area (Å²) in [5.74, 6) is -0.274. The van der Waals surface area contributed by atoms with Crippen molar-refractivity contribution in [2.75, 3.05) is 5.73 Å². The molecule has 0 aliphatic carbocycles. The van der Waals surface area contributed by atoms with Crippen LogP contribution in [0.2, 0.25) is 0 Å². The summed E-state index contributed by atoms with van der Waals surface area (Å²) in [5.41, 5.74) is 6.38. The molecule has 0 radical (unpaired) electrons. The van der Waals surface area contributed by atoms with E-state index in [-0.39, 0.29) is 11.5 Å². The highest BCUT2D eigenvalue weighted by Crippen LogP contribution is 2.17. The Morgan fingerprint density at radius 1 is 1.50 bits per heavy atom. The number of hydrogen-bond acceptors (Lipinski definition) is 4. The monoisotopic (exact) mass is 218 g/mol. The predicted molar refractivity (Wildman–Crippen MR) is 57.8 cm³/mol. The lowest BCUT2D eigenvalue weighted by Crippen LogP contribution is -1.97. The van der Waals surface area contributed by atoms with Gasteiger partial charge in [0.2, 0.25) is 5.95 Å². The molecule has 0 saturated carbocycles. The number of carbonyl (C=O) groups is 1. The van der Waals surface area contributed by atoms with Crippen LogP contribution in [0.5, 0.6) is 0 Å². The summed E-state index contributed by atoms with van der Waals surface area (Å²) < 4.78 is 1.43. The number of aromatic carboxylic acids is 1. The fourth-order valence-electron chi connectivity index (χ4n) is 1.31. The van der Waals surface area contributed by atoms with Crippen molar-refractivity contribution in [3.05, 3.63) is 29.8 Å². The van der Waals surface area contributed by atoms with E-state index in [9.17, 15) is 4.79 Å². The van der Waals surface area contributed by atoms with Gasteiger partial charge in [-0.25, -0.2) is 9.48 Å². The second-order valence-electron chi connectivity index (χ2n) is 3.30.